The predicted octanol–water partition coefficient (Wildman–Crippen LogP) is 2.88. The molecule has 1 aromatic heterocycles. The highest BCUT2D eigenvalue weighted by Crippen LogP contribution is 2.32. The van der Waals surface area contributed by atoms with Gasteiger partial charge in [-0.2, -0.15) is 0 Å². The minimum absolute atomic E-state index is 0.0931. The number of hydrogen-bond acceptors (Lipinski definition) is 4. The molecule has 0 bridgehead atoms. The lowest BCUT2D eigenvalue weighted by Gasteiger charge is -2.45. The highest BCUT2D eigenvalue weighted by Gasteiger charge is 2.36. The molecule has 1 N–H and O–H groups in total. The first kappa shape index (κ1) is 19.9. The van der Waals surface area contributed by atoms with Crippen molar-refractivity contribution in [1.29, 1.82) is 0 Å². The Kier molecular flexibility index (Phi) is 6.58. The number of carbonyl (C=O) groups is 1. The first-order valence-corrected chi connectivity index (χ1v) is 10.5. The van der Waals surface area contributed by atoms with Gasteiger partial charge in [-0.15, -0.1) is 0 Å². The molecule has 1 aromatic rings. The van der Waals surface area contributed by atoms with Gasteiger partial charge in [-0.3, -0.25) is 9.88 Å². The minimum atomic E-state index is 0.0931. The second kappa shape index (κ2) is 8.91. The van der Waals surface area contributed by atoms with Crippen LogP contribution in [0.4, 0.5) is 10.5 Å². The van der Waals surface area contributed by atoms with Crippen LogP contribution in [0.15, 0.2) is 18.5 Å². The molecule has 0 atom stereocenters. The van der Waals surface area contributed by atoms with Crippen molar-refractivity contribution in [2.24, 2.45) is 0 Å². The van der Waals surface area contributed by atoms with Crippen molar-refractivity contribution in [3.05, 3.63) is 24.0 Å². The van der Waals surface area contributed by atoms with Gasteiger partial charge >= 0.3 is 6.03 Å². The molecule has 6 nitrogen and oxygen atoms in total. The van der Waals surface area contributed by atoms with E-state index >= 15 is 0 Å². The highest BCUT2D eigenvalue weighted by atomic mass is 16.2. The van der Waals surface area contributed by atoms with Crippen LogP contribution in [0.3, 0.4) is 0 Å². The molecule has 2 heterocycles. The quantitative estimate of drug-likeness (QED) is 0.862. The molecule has 1 aliphatic heterocycles. The van der Waals surface area contributed by atoms with Gasteiger partial charge in [0.15, 0.2) is 0 Å². The van der Waals surface area contributed by atoms with Gasteiger partial charge in [0.25, 0.3) is 0 Å². The van der Waals surface area contributed by atoms with Crippen LogP contribution in [0.2, 0.25) is 0 Å². The smallest absolute Gasteiger partial charge is 0.317 e. The van der Waals surface area contributed by atoms with Crippen molar-refractivity contribution in [2.45, 2.75) is 51.5 Å². The lowest BCUT2D eigenvalue weighted by Crippen LogP contribution is -2.58. The fourth-order valence-corrected chi connectivity index (χ4v) is 4.56. The largest absolute Gasteiger partial charge is 0.368 e. The average molecular weight is 374 g/mol. The number of amides is 2. The van der Waals surface area contributed by atoms with Crippen molar-refractivity contribution in [1.82, 2.24) is 20.1 Å². The third-order valence-electron chi connectivity index (χ3n) is 6.54. The van der Waals surface area contributed by atoms with Crippen LogP contribution in [-0.4, -0.2) is 72.7 Å². The number of urea groups is 1. The topological polar surface area (TPSA) is 51.7 Å². The van der Waals surface area contributed by atoms with Gasteiger partial charge in [0.05, 0.1) is 0 Å². The van der Waals surface area contributed by atoms with Gasteiger partial charge in [0, 0.05) is 56.3 Å². The first-order chi connectivity index (χ1) is 13.1. The van der Waals surface area contributed by atoms with E-state index in [4.69, 9.17) is 0 Å². The van der Waals surface area contributed by atoms with E-state index in [0.29, 0.717) is 0 Å². The number of aryl methyl sites for hydroxylation is 1. The summed E-state index contributed by atoms with van der Waals surface area (Å²) in [5.41, 5.74) is 2.56. The molecule has 27 heavy (non-hydrogen) atoms. The third kappa shape index (κ3) is 4.54. The van der Waals surface area contributed by atoms with Gasteiger partial charge in [0.1, 0.15) is 0 Å². The number of hydrogen-bond donors (Lipinski definition) is 1. The van der Waals surface area contributed by atoms with Gasteiger partial charge < -0.3 is 15.1 Å². The summed E-state index contributed by atoms with van der Waals surface area (Å²) < 4.78 is 0. The molecule has 150 valence electrons. The van der Waals surface area contributed by atoms with Crippen LogP contribution in [0.5, 0.6) is 0 Å². The summed E-state index contributed by atoms with van der Waals surface area (Å²) in [6.45, 7) is 9.37. The maximum Gasteiger partial charge on any atom is 0.317 e. The monoisotopic (exact) mass is 373 g/mol. The van der Waals surface area contributed by atoms with E-state index in [0.717, 1.165) is 39.3 Å². The Balaban J connectivity index is 1.52. The first-order valence-electron chi connectivity index (χ1n) is 10.5. The normalized spacial score (nSPS) is 20.0. The van der Waals surface area contributed by atoms with Crippen molar-refractivity contribution in [3.8, 4) is 0 Å². The Morgan fingerprint density at radius 2 is 1.93 bits per heavy atom. The van der Waals surface area contributed by atoms with Crippen LogP contribution < -0.4 is 10.2 Å². The van der Waals surface area contributed by atoms with E-state index < -0.39 is 0 Å². The van der Waals surface area contributed by atoms with Gasteiger partial charge in [-0.05, 0) is 45.0 Å². The van der Waals surface area contributed by atoms with Gasteiger partial charge in [-0.1, -0.05) is 26.2 Å². The van der Waals surface area contributed by atoms with Gasteiger partial charge in [0.2, 0.25) is 0 Å². The molecule has 1 saturated heterocycles. The molecule has 0 spiro atoms. The lowest BCUT2D eigenvalue weighted by atomic mass is 9.80. The summed E-state index contributed by atoms with van der Waals surface area (Å²) in [6.07, 6.45) is 9.98. The molecule has 0 radical (unpaired) electrons. The zero-order valence-electron chi connectivity index (χ0n) is 17.2. The van der Waals surface area contributed by atoms with Crippen molar-refractivity contribution in [3.63, 3.8) is 0 Å². The minimum Gasteiger partial charge on any atom is -0.368 e. The Morgan fingerprint density at radius 1 is 1.22 bits per heavy atom. The molecule has 2 fully saturated rings. The van der Waals surface area contributed by atoms with E-state index in [-0.39, 0.29) is 11.6 Å². The Bertz CT molecular complexity index is 621. The maximum atomic E-state index is 12.8. The van der Waals surface area contributed by atoms with E-state index in [1.54, 1.807) is 0 Å². The number of rotatable bonds is 5. The number of carbonyl (C=O) groups excluding carboxylic acids is 1. The summed E-state index contributed by atoms with van der Waals surface area (Å²) in [7, 11) is 2.20. The highest BCUT2D eigenvalue weighted by molar-refractivity contribution is 5.74. The summed E-state index contributed by atoms with van der Waals surface area (Å²) in [5, 5.41) is 3.26. The molecule has 0 unspecified atom stereocenters. The standard InChI is InChI=1S/C21H35N5O/c1-4-24(3)21(9-6-5-7-10-21)17-23-20(27)26-14-12-25(13-15-26)19-8-11-22-16-18(19)2/h8,11,16H,4-7,9-10,12-15,17H2,1-3H3,(H,23,27). The molecular formula is C21H35N5O. The molecule has 0 aromatic carbocycles. The number of piperazine rings is 1. The number of pyridine rings is 1. The zero-order valence-corrected chi connectivity index (χ0v) is 17.2. The zero-order chi connectivity index (χ0) is 19.3. The van der Waals surface area contributed by atoms with Crippen molar-refractivity contribution >= 4 is 11.7 Å². The lowest BCUT2D eigenvalue weighted by molar-refractivity contribution is 0.0788. The Labute approximate surface area is 163 Å². The number of anilines is 1. The van der Waals surface area contributed by atoms with E-state index in [9.17, 15) is 4.79 Å². The van der Waals surface area contributed by atoms with Crippen LogP contribution in [0, 0.1) is 6.92 Å². The summed E-state index contributed by atoms with van der Waals surface area (Å²) in [4.78, 5) is 23.7. The summed E-state index contributed by atoms with van der Waals surface area (Å²) in [6, 6.07) is 2.16. The van der Waals surface area contributed by atoms with Crippen molar-refractivity contribution < 1.29 is 4.79 Å². The fraction of sp³-hybridized carbons (Fsp3) is 0.714. The third-order valence-corrected chi connectivity index (χ3v) is 6.54. The van der Waals surface area contributed by atoms with E-state index in [2.05, 4.69) is 47.1 Å². The molecule has 2 aliphatic rings. The second-order valence-electron chi connectivity index (χ2n) is 8.09. The Hall–Kier alpha value is -1.82. The average Bonchev–Trinajstić information content (AvgIpc) is 2.72. The van der Waals surface area contributed by atoms with Crippen LogP contribution in [0.1, 0.15) is 44.6 Å². The molecule has 1 aliphatic carbocycles. The predicted molar refractivity (Wildman–Crippen MR) is 110 cm³/mol. The van der Waals surface area contributed by atoms with E-state index in [1.165, 1.54) is 43.4 Å². The number of nitrogens with zero attached hydrogens (tertiary/aromatic N) is 4. The van der Waals surface area contributed by atoms with Gasteiger partial charge in [-0.25, -0.2) is 4.79 Å². The van der Waals surface area contributed by atoms with Crippen LogP contribution in [-0.2, 0) is 0 Å². The second-order valence-corrected chi connectivity index (χ2v) is 8.09. The molecular weight excluding hydrogens is 338 g/mol. The molecule has 1 saturated carbocycles. The van der Waals surface area contributed by atoms with Crippen LogP contribution in [0.25, 0.3) is 0 Å². The fourth-order valence-electron chi connectivity index (χ4n) is 4.56. The number of aromatic nitrogens is 1. The molecule has 3 rings (SSSR count). The molecule has 2 amide bonds. The molecule has 6 heteroatoms. The van der Waals surface area contributed by atoms with Crippen molar-refractivity contribution in [2.75, 3.05) is 51.2 Å². The van der Waals surface area contributed by atoms with E-state index in [1.807, 2.05) is 17.3 Å². The maximum absolute atomic E-state index is 12.8. The SMILES string of the molecule is CCN(C)C1(CNC(=O)N2CCN(c3ccncc3C)CC2)CCCCC1. The number of likely N-dealkylation sites (N-methyl/N-ethyl adjacent to an activating group) is 1. The van der Waals surface area contributed by atoms with Crippen LogP contribution >= 0.6 is 0 Å². The number of nitrogens with one attached hydrogen (secondary N) is 1. The summed E-state index contributed by atoms with van der Waals surface area (Å²) >= 11 is 0. The Morgan fingerprint density at radius 3 is 2.56 bits per heavy atom. The summed E-state index contributed by atoms with van der Waals surface area (Å²) in [5.74, 6) is 0.